The Morgan fingerprint density at radius 3 is 2.44 bits per heavy atom. The molecule has 0 aromatic heterocycles. The Morgan fingerprint density at radius 1 is 1.31 bits per heavy atom. The van der Waals surface area contributed by atoms with Gasteiger partial charge in [0, 0.05) is 17.8 Å². The number of hydrogen-bond donors (Lipinski definition) is 1. The average molecular weight is 244 g/mol. The summed E-state index contributed by atoms with van der Waals surface area (Å²) >= 11 is 2.10. The fourth-order valence-electron chi connectivity index (χ4n) is 2.33. The topological polar surface area (TPSA) is 15.3 Å². The van der Waals surface area contributed by atoms with Crippen molar-refractivity contribution in [1.82, 2.24) is 10.2 Å². The summed E-state index contributed by atoms with van der Waals surface area (Å²) in [7, 11) is 4.45. The van der Waals surface area contributed by atoms with Crippen LogP contribution in [0.5, 0.6) is 0 Å². The lowest BCUT2D eigenvalue weighted by Gasteiger charge is -2.36. The van der Waals surface area contributed by atoms with Crippen molar-refractivity contribution in [3.63, 3.8) is 0 Å². The molecule has 1 saturated heterocycles. The fraction of sp³-hybridized carbons (Fsp3) is 1.00. The van der Waals surface area contributed by atoms with Gasteiger partial charge in [-0.1, -0.05) is 26.7 Å². The lowest BCUT2D eigenvalue weighted by atomic mass is 9.96. The summed E-state index contributed by atoms with van der Waals surface area (Å²) in [4.78, 5) is 2.42. The van der Waals surface area contributed by atoms with Crippen LogP contribution in [-0.4, -0.2) is 49.1 Å². The minimum absolute atomic E-state index is 0.413. The third kappa shape index (κ3) is 3.64. The summed E-state index contributed by atoms with van der Waals surface area (Å²) in [6.45, 7) is 6.93. The van der Waals surface area contributed by atoms with E-state index in [1.54, 1.807) is 0 Å². The number of nitrogens with zero attached hydrogens (tertiary/aromatic N) is 1. The van der Waals surface area contributed by atoms with Gasteiger partial charge in [0.2, 0.25) is 0 Å². The Hall–Kier alpha value is 0.270. The van der Waals surface area contributed by atoms with Gasteiger partial charge >= 0.3 is 0 Å². The molecule has 0 bridgehead atoms. The summed E-state index contributed by atoms with van der Waals surface area (Å²) in [6.07, 6.45) is 3.93. The third-order valence-corrected chi connectivity index (χ3v) is 5.31. The predicted octanol–water partition coefficient (Wildman–Crippen LogP) is 2.45. The lowest BCUT2D eigenvalue weighted by molar-refractivity contribution is 0.173. The average Bonchev–Trinajstić information content (AvgIpc) is 2.74. The molecule has 2 nitrogen and oxygen atoms in total. The highest BCUT2D eigenvalue weighted by atomic mass is 32.2. The summed E-state index contributed by atoms with van der Waals surface area (Å²) in [5, 5.41) is 3.70. The van der Waals surface area contributed by atoms with Gasteiger partial charge in [-0.15, -0.1) is 0 Å². The predicted molar refractivity (Wildman–Crippen MR) is 75.3 cm³/mol. The molecule has 0 saturated carbocycles. The first-order valence-electron chi connectivity index (χ1n) is 6.60. The number of likely N-dealkylation sites (N-methyl/N-ethyl adjacent to an activating group) is 1. The largest absolute Gasteiger partial charge is 0.315 e. The molecule has 3 heteroatoms. The first kappa shape index (κ1) is 14.3. The zero-order valence-corrected chi connectivity index (χ0v) is 12.2. The van der Waals surface area contributed by atoms with Crippen LogP contribution in [0.25, 0.3) is 0 Å². The second-order valence-corrected chi connectivity index (χ2v) is 6.34. The molecule has 1 atom stereocenters. The van der Waals surface area contributed by atoms with Crippen LogP contribution in [0, 0.1) is 5.92 Å². The van der Waals surface area contributed by atoms with E-state index in [-0.39, 0.29) is 0 Å². The molecular formula is C13H28N2S. The quantitative estimate of drug-likeness (QED) is 0.740. The summed E-state index contributed by atoms with van der Waals surface area (Å²) < 4.78 is 0. The summed E-state index contributed by atoms with van der Waals surface area (Å²) in [6, 6.07) is 0. The molecule has 1 heterocycles. The zero-order chi connectivity index (χ0) is 12.0. The highest BCUT2D eigenvalue weighted by Gasteiger charge is 2.35. The van der Waals surface area contributed by atoms with E-state index in [1.807, 2.05) is 0 Å². The van der Waals surface area contributed by atoms with Gasteiger partial charge in [0.15, 0.2) is 0 Å². The van der Waals surface area contributed by atoms with Gasteiger partial charge in [0.05, 0.1) is 0 Å². The van der Waals surface area contributed by atoms with E-state index < -0.39 is 0 Å². The van der Waals surface area contributed by atoms with Crippen molar-refractivity contribution in [1.29, 1.82) is 0 Å². The van der Waals surface area contributed by atoms with Crippen molar-refractivity contribution in [2.45, 2.75) is 38.6 Å². The van der Waals surface area contributed by atoms with Gasteiger partial charge in [-0.05, 0) is 38.7 Å². The second kappa shape index (κ2) is 6.87. The molecule has 0 aliphatic carbocycles. The SMILES string of the molecule is CCC(CC)CNCC1(N(C)C)CCSC1. The van der Waals surface area contributed by atoms with Crippen LogP contribution in [-0.2, 0) is 0 Å². The lowest BCUT2D eigenvalue weighted by Crippen LogP contribution is -2.52. The molecule has 0 radical (unpaired) electrons. The molecule has 96 valence electrons. The van der Waals surface area contributed by atoms with Crippen LogP contribution in [0.1, 0.15) is 33.1 Å². The Balaban J connectivity index is 2.33. The van der Waals surface area contributed by atoms with Gasteiger partial charge in [-0.25, -0.2) is 0 Å². The molecule has 0 aromatic rings. The second-order valence-electron chi connectivity index (χ2n) is 5.23. The van der Waals surface area contributed by atoms with E-state index in [0.29, 0.717) is 5.54 Å². The fourth-order valence-corrected chi connectivity index (χ4v) is 3.89. The molecule has 1 unspecified atom stereocenters. The van der Waals surface area contributed by atoms with Crippen LogP contribution in [0.4, 0.5) is 0 Å². The van der Waals surface area contributed by atoms with Crippen molar-refractivity contribution >= 4 is 11.8 Å². The molecule has 0 spiro atoms. The maximum Gasteiger partial charge on any atom is 0.0425 e. The maximum absolute atomic E-state index is 3.70. The van der Waals surface area contributed by atoms with Gasteiger partial charge < -0.3 is 10.2 Å². The zero-order valence-electron chi connectivity index (χ0n) is 11.4. The van der Waals surface area contributed by atoms with Gasteiger partial charge in [-0.2, -0.15) is 11.8 Å². The molecule has 0 aromatic carbocycles. The van der Waals surface area contributed by atoms with Gasteiger partial charge in [-0.3, -0.25) is 0 Å². The van der Waals surface area contributed by atoms with Crippen molar-refractivity contribution in [2.75, 3.05) is 38.7 Å². The summed E-state index contributed by atoms with van der Waals surface area (Å²) in [5.41, 5.74) is 0.413. The van der Waals surface area contributed by atoms with E-state index in [4.69, 9.17) is 0 Å². The number of rotatable bonds is 7. The highest BCUT2D eigenvalue weighted by Crippen LogP contribution is 2.31. The molecule has 1 aliphatic heterocycles. The Kier molecular flexibility index (Phi) is 6.16. The van der Waals surface area contributed by atoms with Gasteiger partial charge in [0.1, 0.15) is 0 Å². The van der Waals surface area contributed by atoms with Gasteiger partial charge in [0.25, 0.3) is 0 Å². The summed E-state index contributed by atoms with van der Waals surface area (Å²) in [5.74, 6) is 3.47. The maximum atomic E-state index is 3.70. The van der Waals surface area contributed by atoms with Crippen LogP contribution >= 0.6 is 11.8 Å². The van der Waals surface area contributed by atoms with Crippen LogP contribution in [0.3, 0.4) is 0 Å². The Labute approximate surface area is 106 Å². The number of hydrogen-bond acceptors (Lipinski definition) is 3. The molecule has 1 rings (SSSR count). The van der Waals surface area contributed by atoms with Crippen molar-refractivity contribution in [2.24, 2.45) is 5.92 Å². The van der Waals surface area contributed by atoms with Crippen LogP contribution < -0.4 is 5.32 Å². The monoisotopic (exact) mass is 244 g/mol. The Morgan fingerprint density at radius 2 is 2.00 bits per heavy atom. The van der Waals surface area contributed by atoms with E-state index in [0.717, 1.165) is 12.5 Å². The molecule has 1 fully saturated rings. The highest BCUT2D eigenvalue weighted by molar-refractivity contribution is 7.99. The third-order valence-electron chi connectivity index (χ3n) is 4.07. The van der Waals surface area contributed by atoms with E-state index in [9.17, 15) is 0 Å². The minimum Gasteiger partial charge on any atom is -0.315 e. The first-order chi connectivity index (χ1) is 7.64. The molecule has 1 N–H and O–H groups in total. The van der Waals surface area contributed by atoms with Crippen LogP contribution in [0.15, 0.2) is 0 Å². The first-order valence-corrected chi connectivity index (χ1v) is 7.76. The van der Waals surface area contributed by atoms with Crippen molar-refractivity contribution in [3.8, 4) is 0 Å². The van der Waals surface area contributed by atoms with Crippen molar-refractivity contribution < 1.29 is 0 Å². The van der Waals surface area contributed by atoms with E-state index >= 15 is 0 Å². The normalized spacial score (nSPS) is 25.9. The van der Waals surface area contributed by atoms with Crippen molar-refractivity contribution in [3.05, 3.63) is 0 Å². The molecular weight excluding hydrogens is 216 g/mol. The molecule has 0 amide bonds. The smallest absolute Gasteiger partial charge is 0.0425 e. The molecule has 16 heavy (non-hydrogen) atoms. The molecule has 1 aliphatic rings. The Bertz CT molecular complexity index is 184. The number of thioether (sulfide) groups is 1. The van der Waals surface area contributed by atoms with E-state index in [2.05, 4.69) is 49.9 Å². The number of nitrogens with one attached hydrogen (secondary N) is 1. The standard InChI is InChI=1S/C13H28N2S/c1-5-12(6-2)9-14-10-13(15(3)4)7-8-16-11-13/h12,14H,5-11H2,1-4H3. The minimum atomic E-state index is 0.413. The van der Waals surface area contributed by atoms with E-state index in [1.165, 1.54) is 37.3 Å². The van der Waals surface area contributed by atoms with Crippen LogP contribution in [0.2, 0.25) is 0 Å².